The Hall–Kier alpha value is -3.13. The molecule has 0 spiro atoms. The van der Waals surface area contributed by atoms with Crippen LogP contribution in [0.5, 0.6) is 5.75 Å². The maximum Gasteiger partial charge on any atom is 0.405 e. The molecule has 2 aliphatic heterocycles. The minimum atomic E-state index is -4.48. The lowest BCUT2D eigenvalue weighted by atomic mass is 10.0. The number of rotatable bonds is 5. The fourth-order valence-corrected chi connectivity index (χ4v) is 5.09. The second kappa shape index (κ2) is 8.72. The minimum absolute atomic E-state index is 0.0603. The van der Waals surface area contributed by atoms with Gasteiger partial charge in [-0.05, 0) is 26.8 Å². The zero-order valence-electron chi connectivity index (χ0n) is 20.7. The third-order valence-corrected chi connectivity index (χ3v) is 8.88. The maximum atomic E-state index is 13.1. The van der Waals surface area contributed by atoms with Crippen LogP contribution < -0.4 is 15.0 Å². The van der Waals surface area contributed by atoms with Gasteiger partial charge in [-0.25, -0.2) is 23.4 Å². The van der Waals surface area contributed by atoms with Gasteiger partial charge in [0.15, 0.2) is 27.2 Å². The average Bonchev–Trinajstić information content (AvgIpc) is 3.29. The van der Waals surface area contributed by atoms with Crippen LogP contribution in [0, 0.1) is 0 Å². The van der Waals surface area contributed by atoms with Crippen molar-refractivity contribution in [2.24, 2.45) is 0 Å². The zero-order chi connectivity index (χ0) is 26.8. The first-order chi connectivity index (χ1) is 17.3. The Morgan fingerprint density at radius 3 is 2.68 bits per heavy atom. The van der Waals surface area contributed by atoms with Gasteiger partial charge in [-0.3, -0.25) is 0 Å². The third kappa shape index (κ3) is 4.45. The molecule has 0 unspecified atom stereocenters. The standard InChI is InChI=1S/C23H27F3N6O4S/c1-12-8-35-9-13-10-36-17-18(22(2,3)37(4,33)34)30-20(31-21(17)32(12)13)16-14-5-6-27-19(14)28-7-15(16)29-11-23(24,25)26/h5-7,12-13,29H,8-11H2,1-4H3,(H,27,28)/t12-,13+/m1/s1. The first-order valence-electron chi connectivity index (χ1n) is 11.7. The molecule has 0 aromatic carbocycles. The van der Waals surface area contributed by atoms with Crippen LogP contribution in [0.2, 0.25) is 0 Å². The van der Waals surface area contributed by atoms with E-state index in [1.807, 2.05) is 11.8 Å². The second-order valence-electron chi connectivity index (χ2n) is 9.85. The van der Waals surface area contributed by atoms with Gasteiger partial charge in [0, 0.05) is 17.8 Å². The Balaban J connectivity index is 1.79. The van der Waals surface area contributed by atoms with Crippen molar-refractivity contribution in [3.63, 3.8) is 0 Å². The van der Waals surface area contributed by atoms with Crippen LogP contribution >= 0.6 is 0 Å². The van der Waals surface area contributed by atoms with Crippen molar-refractivity contribution >= 4 is 32.4 Å². The van der Waals surface area contributed by atoms with E-state index in [1.165, 1.54) is 20.0 Å². The fourth-order valence-electron chi connectivity index (χ4n) is 4.61. The smallest absolute Gasteiger partial charge is 0.405 e. The molecule has 0 radical (unpaired) electrons. The van der Waals surface area contributed by atoms with Crippen LogP contribution in [0.3, 0.4) is 0 Å². The summed E-state index contributed by atoms with van der Waals surface area (Å²) in [5.74, 6) is 0.685. The Bertz CT molecular complexity index is 1460. The summed E-state index contributed by atoms with van der Waals surface area (Å²) in [5, 5.41) is 2.89. The number of fused-ring (bicyclic) bond motifs is 4. The number of halogens is 3. The zero-order valence-corrected chi connectivity index (χ0v) is 21.5. The summed E-state index contributed by atoms with van der Waals surface area (Å²) in [4.78, 5) is 18.6. The van der Waals surface area contributed by atoms with Crippen LogP contribution in [0.15, 0.2) is 18.5 Å². The Labute approximate surface area is 211 Å². The maximum absolute atomic E-state index is 13.1. The van der Waals surface area contributed by atoms with Crippen molar-refractivity contribution in [3.05, 3.63) is 24.2 Å². The molecule has 37 heavy (non-hydrogen) atoms. The number of hydrogen-bond donors (Lipinski definition) is 2. The molecule has 3 aromatic rings. The van der Waals surface area contributed by atoms with Gasteiger partial charge in [-0.2, -0.15) is 13.2 Å². The summed E-state index contributed by atoms with van der Waals surface area (Å²) >= 11 is 0. The first-order valence-corrected chi connectivity index (χ1v) is 13.5. The Morgan fingerprint density at radius 2 is 1.97 bits per heavy atom. The van der Waals surface area contributed by atoms with E-state index in [0.717, 1.165) is 6.26 Å². The van der Waals surface area contributed by atoms with Gasteiger partial charge in [0.1, 0.15) is 29.2 Å². The molecule has 0 bridgehead atoms. The lowest BCUT2D eigenvalue weighted by molar-refractivity contribution is -0.115. The van der Waals surface area contributed by atoms with Crippen LogP contribution in [0.4, 0.5) is 24.7 Å². The SMILES string of the molecule is C[C@@H]1COC[C@H]2COc3c(nc(-c4c(NCC(F)(F)F)cnc5[nH]ccc45)nc3C(C)(C)S(C)(=O)=O)N21. The Kier molecular flexibility index (Phi) is 6.01. The fraction of sp³-hybridized carbons (Fsp3) is 0.522. The number of anilines is 2. The molecular formula is C23H27F3N6O4S. The minimum Gasteiger partial charge on any atom is -0.486 e. The molecule has 2 N–H and O–H groups in total. The van der Waals surface area contributed by atoms with Crippen LogP contribution in [0.25, 0.3) is 22.4 Å². The lowest BCUT2D eigenvalue weighted by Gasteiger charge is -2.45. The van der Waals surface area contributed by atoms with E-state index in [9.17, 15) is 21.6 Å². The summed E-state index contributed by atoms with van der Waals surface area (Å²) < 4.78 is 75.3. The molecule has 0 amide bonds. The van der Waals surface area contributed by atoms with E-state index >= 15 is 0 Å². The van der Waals surface area contributed by atoms with Gasteiger partial charge >= 0.3 is 6.18 Å². The molecule has 2 aliphatic rings. The number of aromatic amines is 1. The van der Waals surface area contributed by atoms with Crippen molar-refractivity contribution in [2.45, 2.75) is 43.8 Å². The first kappa shape index (κ1) is 25.5. The van der Waals surface area contributed by atoms with Gasteiger partial charge < -0.3 is 24.7 Å². The molecule has 1 saturated heterocycles. The van der Waals surface area contributed by atoms with Gasteiger partial charge in [0.25, 0.3) is 0 Å². The van der Waals surface area contributed by atoms with Crippen molar-refractivity contribution in [1.29, 1.82) is 0 Å². The third-order valence-electron chi connectivity index (χ3n) is 6.84. The van der Waals surface area contributed by atoms with E-state index in [0.29, 0.717) is 30.1 Å². The molecule has 14 heteroatoms. The molecule has 5 rings (SSSR count). The topological polar surface area (TPSA) is 122 Å². The normalized spacial score (nSPS) is 20.4. The van der Waals surface area contributed by atoms with Gasteiger partial charge in [-0.15, -0.1) is 0 Å². The predicted molar refractivity (Wildman–Crippen MR) is 132 cm³/mol. The van der Waals surface area contributed by atoms with Gasteiger partial charge in [-0.1, -0.05) is 0 Å². The lowest BCUT2D eigenvalue weighted by Crippen LogP contribution is -2.56. The highest BCUT2D eigenvalue weighted by Gasteiger charge is 2.44. The summed E-state index contributed by atoms with van der Waals surface area (Å²) in [6.45, 7) is 4.78. The molecule has 0 saturated carbocycles. The number of H-pyrrole nitrogens is 1. The van der Waals surface area contributed by atoms with E-state index in [-0.39, 0.29) is 47.2 Å². The molecule has 200 valence electrons. The van der Waals surface area contributed by atoms with Crippen molar-refractivity contribution in [3.8, 4) is 17.1 Å². The number of alkyl halides is 3. The van der Waals surface area contributed by atoms with Crippen molar-refractivity contribution in [2.75, 3.05) is 42.8 Å². The highest BCUT2D eigenvalue weighted by atomic mass is 32.2. The van der Waals surface area contributed by atoms with Gasteiger partial charge in [0.2, 0.25) is 0 Å². The monoisotopic (exact) mass is 540 g/mol. The highest BCUT2D eigenvalue weighted by Crippen LogP contribution is 2.45. The van der Waals surface area contributed by atoms with Crippen molar-refractivity contribution in [1.82, 2.24) is 19.9 Å². The highest BCUT2D eigenvalue weighted by molar-refractivity contribution is 7.91. The molecule has 2 atom stereocenters. The number of nitrogens with zero attached hydrogens (tertiary/aromatic N) is 4. The number of hydrogen-bond acceptors (Lipinski definition) is 9. The molecule has 5 heterocycles. The summed E-state index contributed by atoms with van der Waals surface area (Å²) in [5.41, 5.74) is 0.892. The number of ether oxygens (including phenoxy) is 2. The van der Waals surface area contributed by atoms with Crippen LogP contribution in [-0.4, -0.2) is 79.2 Å². The second-order valence-corrected chi connectivity index (χ2v) is 12.4. The van der Waals surface area contributed by atoms with E-state index in [2.05, 4.69) is 20.3 Å². The summed E-state index contributed by atoms with van der Waals surface area (Å²) in [6, 6.07) is 1.39. The van der Waals surface area contributed by atoms with E-state index < -0.39 is 27.3 Å². The number of morpholine rings is 1. The molecule has 3 aromatic heterocycles. The largest absolute Gasteiger partial charge is 0.486 e. The van der Waals surface area contributed by atoms with Crippen LogP contribution in [-0.2, 0) is 19.3 Å². The van der Waals surface area contributed by atoms with E-state index in [1.54, 1.807) is 12.3 Å². The summed E-state index contributed by atoms with van der Waals surface area (Å²) in [6.07, 6.45) is -0.482. The summed E-state index contributed by atoms with van der Waals surface area (Å²) in [7, 11) is -3.70. The predicted octanol–water partition coefficient (Wildman–Crippen LogP) is 3.26. The number of sulfone groups is 1. The van der Waals surface area contributed by atoms with Gasteiger partial charge in [0.05, 0.1) is 42.7 Å². The van der Waals surface area contributed by atoms with Crippen LogP contribution in [0.1, 0.15) is 26.5 Å². The van der Waals surface area contributed by atoms with E-state index in [4.69, 9.17) is 14.5 Å². The van der Waals surface area contributed by atoms with Crippen molar-refractivity contribution < 1.29 is 31.1 Å². The number of nitrogens with one attached hydrogen (secondary N) is 2. The number of pyridine rings is 1. The molecule has 10 nitrogen and oxygen atoms in total. The number of aromatic nitrogens is 4. The average molecular weight is 541 g/mol. The Morgan fingerprint density at radius 1 is 1.22 bits per heavy atom. The molecular weight excluding hydrogens is 513 g/mol. The molecule has 0 aliphatic carbocycles. The molecule has 1 fully saturated rings. The quantitative estimate of drug-likeness (QED) is 0.502.